The molecule has 0 saturated carbocycles. The number of hydrogen-bond acceptors (Lipinski definition) is 2. The normalized spacial score (nSPS) is 9.00. The second-order valence-electron chi connectivity index (χ2n) is 2.28. The van der Waals surface area contributed by atoms with Crippen molar-refractivity contribution in [3.8, 4) is 0 Å². The molecule has 0 heterocycles. The van der Waals surface area contributed by atoms with Gasteiger partial charge >= 0.3 is 0 Å². The molecule has 0 unspecified atom stereocenters. The third-order valence-corrected chi connectivity index (χ3v) is 2.58. The van der Waals surface area contributed by atoms with Crippen LogP contribution in [-0.4, -0.2) is 19.3 Å². The molecule has 1 aromatic carbocycles. The second-order valence-corrected chi connectivity index (χ2v) is 3.54. The van der Waals surface area contributed by atoms with Crippen LogP contribution in [-0.2, 0) is 6.54 Å². The smallest absolute Gasteiger partial charge is 0.0548 e. The van der Waals surface area contributed by atoms with Crippen LogP contribution >= 0.6 is 27.5 Å². The van der Waals surface area contributed by atoms with Gasteiger partial charge in [-0.2, -0.15) is 0 Å². The molecule has 1 rings (SSSR count). The first kappa shape index (κ1) is 12.9. The highest BCUT2D eigenvalue weighted by Crippen LogP contribution is 2.22. The highest BCUT2D eigenvalue weighted by molar-refractivity contribution is 9.10. The van der Waals surface area contributed by atoms with E-state index in [-0.39, 0.29) is 0 Å². The topological polar surface area (TPSA) is 32.3 Å². The molecular formula is C9H13BrClNO. The van der Waals surface area contributed by atoms with E-state index in [0.29, 0.717) is 0 Å². The summed E-state index contributed by atoms with van der Waals surface area (Å²) in [5, 5.41) is 10.8. The van der Waals surface area contributed by atoms with Crippen LogP contribution in [0.2, 0.25) is 5.02 Å². The summed E-state index contributed by atoms with van der Waals surface area (Å²) in [5.41, 5.74) is 1.23. The molecule has 0 saturated heterocycles. The standard InChI is InChI=1S/C8H9BrClN.CH4O/c1-11-5-6-2-3-8(10)7(9)4-6;1-2/h2-4,11H,5H2,1H3;2H,1H3. The summed E-state index contributed by atoms with van der Waals surface area (Å²) >= 11 is 9.17. The predicted molar refractivity (Wildman–Crippen MR) is 60.1 cm³/mol. The Morgan fingerprint density at radius 2 is 2.08 bits per heavy atom. The van der Waals surface area contributed by atoms with Gasteiger partial charge in [-0.05, 0) is 40.7 Å². The van der Waals surface area contributed by atoms with Gasteiger partial charge in [0.15, 0.2) is 0 Å². The van der Waals surface area contributed by atoms with Gasteiger partial charge in [-0.1, -0.05) is 17.7 Å². The molecule has 0 spiro atoms. The number of rotatable bonds is 2. The number of aliphatic hydroxyl groups is 1. The van der Waals surface area contributed by atoms with Crippen molar-refractivity contribution < 1.29 is 5.11 Å². The molecule has 13 heavy (non-hydrogen) atoms. The first-order valence-corrected chi connectivity index (χ1v) is 4.94. The first-order valence-electron chi connectivity index (χ1n) is 3.77. The molecule has 1 aromatic rings. The summed E-state index contributed by atoms with van der Waals surface area (Å²) in [7, 11) is 2.92. The van der Waals surface area contributed by atoms with Gasteiger partial charge in [0.25, 0.3) is 0 Å². The Morgan fingerprint density at radius 3 is 2.54 bits per heavy atom. The van der Waals surface area contributed by atoms with Gasteiger partial charge < -0.3 is 10.4 Å². The second kappa shape index (κ2) is 7.33. The largest absolute Gasteiger partial charge is 0.400 e. The van der Waals surface area contributed by atoms with E-state index in [1.807, 2.05) is 25.2 Å². The van der Waals surface area contributed by atoms with Crippen LogP contribution in [0.4, 0.5) is 0 Å². The minimum absolute atomic E-state index is 0.754. The van der Waals surface area contributed by atoms with E-state index >= 15 is 0 Å². The van der Waals surface area contributed by atoms with Crippen molar-refractivity contribution in [2.75, 3.05) is 14.2 Å². The van der Waals surface area contributed by atoms with Gasteiger partial charge in [-0.25, -0.2) is 0 Å². The van der Waals surface area contributed by atoms with Crippen molar-refractivity contribution in [3.05, 3.63) is 33.3 Å². The Kier molecular flexibility index (Phi) is 7.28. The highest BCUT2D eigenvalue weighted by atomic mass is 79.9. The van der Waals surface area contributed by atoms with Crippen LogP contribution < -0.4 is 5.32 Å². The molecule has 74 valence electrons. The SMILES string of the molecule is CNCc1ccc(Cl)c(Br)c1.CO. The number of nitrogens with one attached hydrogen (secondary N) is 1. The fraction of sp³-hybridized carbons (Fsp3) is 0.333. The summed E-state index contributed by atoms with van der Waals surface area (Å²) < 4.78 is 0.951. The molecule has 0 aliphatic rings. The molecule has 0 amide bonds. The van der Waals surface area contributed by atoms with Crippen LogP contribution in [0.1, 0.15) is 5.56 Å². The lowest BCUT2D eigenvalue weighted by Crippen LogP contribution is -2.04. The van der Waals surface area contributed by atoms with Crippen molar-refractivity contribution in [3.63, 3.8) is 0 Å². The third-order valence-electron chi connectivity index (χ3n) is 1.36. The minimum Gasteiger partial charge on any atom is -0.400 e. The van der Waals surface area contributed by atoms with E-state index in [1.54, 1.807) is 0 Å². The summed E-state index contributed by atoms with van der Waals surface area (Å²) in [4.78, 5) is 0. The van der Waals surface area contributed by atoms with Crippen molar-refractivity contribution >= 4 is 27.5 Å². The van der Waals surface area contributed by atoms with Crippen molar-refractivity contribution in [2.45, 2.75) is 6.54 Å². The van der Waals surface area contributed by atoms with E-state index in [1.165, 1.54) is 5.56 Å². The molecule has 0 fully saturated rings. The zero-order chi connectivity index (χ0) is 10.3. The zero-order valence-electron chi connectivity index (χ0n) is 7.64. The lowest BCUT2D eigenvalue weighted by atomic mass is 10.2. The lowest BCUT2D eigenvalue weighted by Gasteiger charge is -2.01. The molecule has 0 aliphatic carbocycles. The van der Waals surface area contributed by atoms with E-state index < -0.39 is 0 Å². The highest BCUT2D eigenvalue weighted by Gasteiger charge is 1.96. The van der Waals surface area contributed by atoms with Crippen LogP contribution in [0.15, 0.2) is 22.7 Å². The molecular weight excluding hydrogens is 253 g/mol. The molecule has 0 aliphatic heterocycles. The van der Waals surface area contributed by atoms with Crippen LogP contribution in [0.5, 0.6) is 0 Å². The average Bonchev–Trinajstić information content (AvgIpc) is 2.15. The molecule has 0 aromatic heterocycles. The number of aliphatic hydroxyl groups excluding tert-OH is 1. The summed E-state index contributed by atoms with van der Waals surface area (Å²) in [5.74, 6) is 0. The van der Waals surface area contributed by atoms with Crippen molar-refractivity contribution in [1.82, 2.24) is 5.32 Å². The van der Waals surface area contributed by atoms with E-state index in [2.05, 4.69) is 21.2 Å². The summed E-state index contributed by atoms with van der Waals surface area (Å²) in [6.45, 7) is 0.871. The van der Waals surface area contributed by atoms with Crippen molar-refractivity contribution in [1.29, 1.82) is 0 Å². The van der Waals surface area contributed by atoms with E-state index in [4.69, 9.17) is 16.7 Å². The number of benzene rings is 1. The Bertz CT molecular complexity index is 255. The molecule has 0 atom stereocenters. The maximum absolute atomic E-state index is 7.00. The Morgan fingerprint density at radius 1 is 1.46 bits per heavy atom. The van der Waals surface area contributed by atoms with Crippen LogP contribution in [0.3, 0.4) is 0 Å². The fourth-order valence-corrected chi connectivity index (χ4v) is 1.40. The number of halogens is 2. The Labute approximate surface area is 92.0 Å². The molecule has 2 N–H and O–H groups in total. The zero-order valence-corrected chi connectivity index (χ0v) is 9.98. The Balaban J connectivity index is 0.000000671. The van der Waals surface area contributed by atoms with E-state index in [0.717, 1.165) is 23.1 Å². The predicted octanol–water partition coefficient (Wildman–Crippen LogP) is 2.43. The molecule has 2 nitrogen and oxygen atoms in total. The van der Waals surface area contributed by atoms with Crippen LogP contribution in [0, 0.1) is 0 Å². The molecule has 0 radical (unpaired) electrons. The molecule has 0 bridgehead atoms. The third kappa shape index (κ3) is 4.62. The van der Waals surface area contributed by atoms with Gasteiger partial charge in [0.05, 0.1) is 5.02 Å². The Hall–Kier alpha value is -0.0900. The van der Waals surface area contributed by atoms with Gasteiger partial charge in [-0.15, -0.1) is 0 Å². The summed E-state index contributed by atoms with van der Waals surface area (Å²) in [6, 6.07) is 5.90. The van der Waals surface area contributed by atoms with Gasteiger partial charge in [0, 0.05) is 18.1 Å². The fourth-order valence-electron chi connectivity index (χ4n) is 0.854. The van der Waals surface area contributed by atoms with Crippen LogP contribution in [0.25, 0.3) is 0 Å². The lowest BCUT2D eigenvalue weighted by molar-refractivity contribution is 0.399. The van der Waals surface area contributed by atoms with Gasteiger partial charge in [0.2, 0.25) is 0 Å². The minimum atomic E-state index is 0.754. The summed E-state index contributed by atoms with van der Waals surface area (Å²) in [6.07, 6.45) is 0. The first-order chi connectivity index (χ1) is 6.24. The average molecular weight is 267 g/mol. The maximum atomic E-state index is 7.00. The van der Waals surface area contributed by atoms with Gasteiger partial charge in [0.1, 0.15) is 0 Å². The quantitative estimate of drug-likeness (QED) is 0.862. The van der Waals surface area contributed by atoms with Gasteiger partial charge in [-0.3, -0.25) is 0 Å². The van der Waals surface area contributed by atoms with E-state index in [9.17, 15) is 0 Å². The number of hydrogen-bond donors (Lipinski definition) is 2. The monoisotopic (exact) mass is 265 g/mol. The van der Waals surface area contributed by atoms with Crippen molar-refractivity contribution in [2.24, 2.45) is 0 Å². The molecule has 4 heteroatoms. The maximum Gasteiger partial charge on any atom is 0.0548 e.